The van der Waals surface area contributed by atoms with E-state index in [0.717, 1.165) is 18.2 Å². The highest BCUT2D eigenvalue weighted by Gasteiger charge is 2.20. The van der Waals surface area contributed by atoms with Gasteiger partial charge in [0, 0.05) is 18.8 Å². The molecule has 1 amide bonds. The van der Waals surface area contributed by atoms with Crippen LogP contribution in [0.5, 0.6) is 0 Å². The second kappa shape index (κ2) is 7.26. The first kappa shape index (κ1) is 14.0. The lowest BCUT2D eigenvalue weighted by molar-refractivity contribution is -0.115. The van der Waals surface area contributed by atoms with Crippen LogP contribution in [0.15, 0.2) is 24.3 Å². The van der Waals surface area contributed by atoms with Crippen LogP contribution in [0.3, 0.4) is 0 Å². The second-order valence-corrected chi connectivity index (χ2v) is 5.11. The molecule has 2 rings (SSSR count). The van der Waals surface area contributed by atoms with Gasteiger partial charge < -0.3 is 15.4 Å². The molecule has 0 aliphatic heterocycles. The number of benzene rings is 1. The Bertz CT molecular complexity index is 399. The summed E-state index contributed by atoms with van der Waals surface area (Å²) in [5, 5.41) is 5.92. The zero-order chi connectivity index (χ0) is 13.5. The van der Waals surface area contributed by atoms with Gasteiger partial charge in [0.1, 0.15) is 0 Å². The van der Waals surface area contributed by atoms with Crippen molar-refractivity contribution < 1.29 is 9.53 Å². The van der Waals surface area contributed by atoms with Crippen molar-refractivity contribution in [2.24, 2.45) is 5.92 Å². The molecule has 104 valence electrons. The summed E-state index contributed by atoms with van der Waals surface area (Å²) in [5.41, 5.74) is 2.02. The highest BCUT2D eigenvalue weighted by atomic mass is 16.5. The van der Waals surface area contributed by atoms with Crippen molar-refractivity contribution in [2.75, 3.05) is 31.6 Å². The largest absolute Gasteiger partial charge is 0.380 e. The summed E-state index contributed by atoms with van der Waals surface area (Å²) in [7, 11) is 0. The number of amides is 1. The fourth-order valence-electron chi connectivity index (χ4n) is 1.72. The number of hydrogen-bond acceptors (Lipinski definition) is 3. The van der Waals surface area contributed by atoms with Crippen molar-refractivity contribution in [1.29, 1.82) is 0 Å². The molecular weight excluding hydrogens is 240 g/mol. The van der Waals surface area contributed by atoms with E-state index in [2.05, 4.69) is 10.6 Å². The molecule has 4 nitrogen and oxygen atoms in total. The number of ether oxygens (including phenoxy) is 1. The van der Waals surface area contributed by atoms with E-state index in [0.29, 0.717) is 19.7 Å². The van der Waals surface area contributed by atoms with Gasteiger partial charge in [-0.2, -0.15) is 0 Å². The van der Waals surface area contributed by atoms with Crippen LogP contribution in [0.2, 0.25) is 0 Å². The Morgan fingerprint density at radius 3 is 2.74 bits per heavy atom. The summed E-state index contributed by atoms with van der Waals surface area (Å²) in [6, 6.07) is 7.78. The van der Waals surface area contributed by atoms with Crippen LogP contribution in [0.25, 0.3) is 0 Å². The van der Waals surface area contributed by atoms with E-state index in [-0.39, 0.29) is 5.91 Å². The number of rotatable bonds is 8. The van der Waals surface area contributed by atoms with Gasteiger partial charge in [-0.15, -0.1) is 0 Å². The molecule has 19 heavy (non-hydrogen) atoms. The zero-order valence-corrected chi connectivity index (χ0v) is 11.4. The molecule has 1 aromatic rings. The second-order valence-electron chi connectivity index (χ2n) is 5.11. The molecule has 0 saturated heterocycles. The number of carbonyl (C=O) groups excluding carboxylic acids is 1. The van der Waals surface area contributed by atoms with E-state index in [1.807, 2.05) is 31.2 Å². The Labute approximate surface area is 114 Å². The smallest absolute Gasteiger partial charge is 0.238 e. The molecule has 0 spiro atoms. The lowest BCUT2D eigenvalue weighted by Crippen LogP contribution is -2.30. The molecule has 0 unspecified atom stereocenters. The average molecular weight is 262 g/mol. The maximum absolute atomic E-state index is 11.6. The van der Waals surface area contributed by atoms with Gasteiger partial charge in [0.05, 0.1) is 13.2 Å². The third-order valence-electron chi connectivity index (χ3n) is 3.09. The molecule has 0 radical (unpaired) electrons. The molecule has 2 N–H and O–H groups in total. The summed E-state index contributed by atoms with van der Waals surface area (Å²) in [5.74, 6) is 0.774. The van der Waals surface area contributed by atoms with Gasteiger partial charge >= 0.3 is 0 Å². The van der Waals surface area contributed by atoms with Gasteiger partial charge in [0.25, 0.3) is 0 Å². The van der Waals surface area contributed by atoms with Crippen molar-refractivity contribution in [3.63, 3.8) is 0 Å². The van der Waals surface area contributed by atoms with E-state index in [1.165, 1.54) is 18.4 Å². The molecule has 1 fully saturated rings. The number of carbonyl (C=O) groups is 1. The van der Waals surface area contributed by atoms with E-state index < -0.39 is 0 Å². The van der Waals surface area contributed by atoms with Crippen molar-refractivity contribution in [1.82, 2.24) is 5.32 Å². The first-order valence-corrected chi connectivity index (χ1v) is 6.89. The van der Waals surface area contributed by atoms with Crippen LogP contribution in [-0.2, 0) is 9.53 Å². The summed E-state index contributed by atoms with van der Waals surface area (Å²) < 4.78 is 5.48. The molecule has 4 heteroatoms. The minimum absolute atomic E-state index is 0.0222. The molecule has 1 aliphatic rings. The maximum Gasteiger partial charge on any atom is 0.238 e. The topological polar surface area (TPSA) is 50.4 Å². The standard InChI is InChI=1S/C15H22N2O2/c1-12-2-6-14(7-3-12)17-15(18)10-16-8-9-19-11-13-4-5-13/h2-3,6-7,13,16H,4-5,8-11H2,1H3,(H,17,18). The number of hydrogen-bond donors (Lipinski definition) is 2. The molecular formula is C15H22N2O2. The Morgan fingerprint density at radius 2 is 2.05 bits per heavy atom. The van der Waals surface area contributed by atoms with Crippen LogP contribution in [0.4, 0.5) is 5.69 Å². The Hall–Kier alpha value is -1.39. The van der Waals surface area contributed by atoms with E-state index in [4.69, 9.17) is 4.74 Å². The SMILES string of the molecule is Cc1ccc(NC(=O)CNCCOCC2CC2)cc1. The van der Waals surface area contributed by atoms with Gasteiger partial charge in [-0.05, 0) is 37.8 Å². The fourth-order valence-corrected chi connectivity index (χ4v) is 1.72. The third kappa shape index (κ3) is 5.85. The number of aryl methyl sites for hydroxylation is 1. The normalized spacial score (nSPS) is 14.4. The first-order chi connectivity index (χ1) is 9.24. The van der Waals surface area contributed by atoms with Gasteiger partial charge in [-0.25, -0.2) is 0 Å². The Kier molecular flexibility index (Phi) is 5.36. The Morgan fingerprint density at radius 1 is 1.32 bits per heavy atom. The zero-order valence-electron chi connectivity index (χ0n) is 11.4. The summed E-state index contributed by atoms with van der Waals surface area (Å²) in [6.07, 6.45) is 2.62. The van der Waals surface area contributed by atoms with Gasteiger partial charge in [-0.1, -0.05) is 17.7 Å². The average Bonchev–Trinajstić information content (AvgIpc) is 3.20. The lowest BCUT2D eigenvalue weighted by Gasteiger charge is -2.07. The van der Waals surface area contributed by atoms with Crippen molar-refractivity contribution >= 4 is 11.6 Å². The Balaban J connectivity index is 1.52. The predicted molar refractivity (Wildman–Crippen MR) is 76.2 cm³/mol. The molecule has 0 heterocycles. The van der Waals surface area contributed by atoms with Crippen LogP contribution in [-0.4, -0.2) is 32.2 Å². The summed E-state index contributed by atoms with van der Waals surface area (Å²) in [4.78, 5) is 11.6. The molecule has 1 saturated carbocycles. The highest BCUT2D eigenvalue weighted by Crippen LogP contribution is 2.28. The van der Waals surface area contributed by atoms with E-state index in [1.54, 1.807) is 0 Å². The highest BCUT2D eigenvalue weighted by molar-refractivity contribution is 5.92. The van der Waals surface area contributed by atoms with Crippen molar-refractivity contribution in [3.05, 3.63) is 29.8 Å². The van der Waals surface area contributed by atoms with Crippen LogP contribution in [0, 0.1) is 12.8 Å². The molecule has 0 aromatic heterocycles. The molecule has 1 aliphatic carbocycles. The van der Waals surface area contributed by atoms with Crippen molar-refractivity contribution in [2.45, 2.75) is 19.8 Å². The van der Waals surface area contributed by atoms with Crippen molar-refractivity contribution in [3.8, 4) is 0 Å². The predicted octanol–water partition coefficient (Wildman–Crippen LogP) is 1.95. The minimum Gasteiger partial charge on any atom is -0.380 e. The van der Waals surface area contributed by atoms with Crippen LogP contribution in [0.1, 0.15) is 18.4 Å². The summed E-state index contributed by atoms with van der Waals surface area (Å²) in [6.45, 7) is 4.61. The monoisotopic (exact) mass is 262 g/mol. The maximum atomic E-state index is 11.6. The van der Waals surface area contributed by atoms with Crippen LogP contribution < -0.4 is 10.6 Å². The van der Waals surface area contributed by atoms with E-state index >= 15 is 0 Å². The fraction of sp³-hybridized carbons (Fsp3) is 0.533. The molecule has 0 atom stereocenters. The van der Waals surface area contributed by atoms with E-state index in [9.17, 15) is 4.79 Å². The lowest BCUT2D eigenvalue weighted by atomic mass is 10.2. The number of anilines is 1. The van der Waals surface area contributed by atoms with Gasteiger partial charge in [0.2, 0.25) is 5.91 Å². The third-order valence-corrected chi connectivity index (χ3v) is 3.09. The minimum atomic E-state index is -0.0222. The van der Waals surface area contributed by atoms with Crippen LogP contribution >= 0.6 is 0 Å². The first-order valence-electron chi connectivity index (χ1n) is 6.89. The molecule has 0 bridgehead atoms. The number of nitrogens with one attached hydrogen (secondary N) is 2. The van der Waals surface area contributed by atoms with Gasteiger partial charge in [-0.3, -0.25) is 4.79 Å². The quantitative estimate of drug-likeness (QED) is 0.704. The molecule has 1 aromatic carbocycles. The summed E-state index contributed by atoms with van der Waals surface area (Å²) >= 11 is 0. The van der Waals surface area contributed by atoms with Gasteiger partial charge in [0.15, 0.2) is 0 Å².